The van der Waals surface area contributed by atoms with Crippen molar-refractivity contribution in [3.8, 4) is 5.75 Å². The van der Waals surface area contributed by atoms with Crippen LogP contribution in [0.2, 0.25) is 0 Å². The van der Waals surface area contributed by atoms with Crippen LogP contribution in [0.1, 0.15) is 34.9 Å². The standard InChI is InChI=1S/C28H31FN2O5S2/c1-20-4-10-24(11-5-20)38(33,34)30(17-23-3-2-15-35-23)18-28(32)31-14-12-27-25(13-16-37-27)26(31)19-36-22-8-6-21(29)7-9-22/h4-11,13,16,23,26H,2-3,12,14-15,17-19H2,1H3/t23-,26+/m1/s1. The maximum absolute atomic E-state index is 13.8. The average molecular weight is 559 g/mol. The maximum atomic E-state index is 13.8. The van der Waals surface area contributed by atoms with Gasteiger partial charge in [0.15, 0.2) is 0 Å². The molecule has 0 radical (unpaired) electrons. The number of benzene rings is 2. The second-order valence-electron chi connectivity index (χ2n) is 9.66. The third-order valence-electron chi connectivity index (χ3n) is 7.04. The van der Waals surface area contributed by atoms with Gasteiger partial charge in [0, 0.05) is 24.6 Å². The first-order chi connectivity index (χ1) is 18.3. The summed E-state index contributed by atoms with van der Waals surface area (Å²) in [6.07, 6.45) is 2.07. The first-order valence-corrected chi connectivity index (χ1v) is 15.1. The summed E-state index contributed by atoms with van der Waals surface area (Å²) in [6, 6.07) is 14.0. The Morgan fingerprint density at radius 2 is 1.92 bits per heavy atom. The van der Waals surface area contributed by atoms with Crippen LogP contribution in [0.4, 0.5) is 4.39 Å². The smallest absolute Gasteiger partial charge is 0.243 e. The zero-order chi connectivity index (χ0) is 26.7. The van der Waals surface area contributed by atoms with E-state index < -0.39 is 10.0 Å². The van der Waals surface area contributed by atoms with Crippen molar-refractivity contribution >= 4 is 27.3 Å². The van der Waals surface area contributed by atoms with Gasteiger partial charge < -0.3 is 14.4 Å². The third kappa shape index (κ3) is 5.93. The van der Waals surface area contributed by atoms with Crippen molar-refractivity contribution in [1.82, 2.24) is 9.21 Å². The molecule has 202 valence electrons. The van der Waals surface area contributed by atoms with Crippen molar-refractivity contribution in [3.05, 3.63) is 81.8 Å². The molecule has 0 aliphatic carbocycles. The van der Waals surface area contributed by atoms with Crippen LogP contribution < -0.4 is 4.74 Å². The Morgan fingerprint density at radius 3 is 2.63 bits per heavy atom. The number of carbonyl (C=O) groups excluding carboxylic acids is 1. The molecule has 7 nitrogen and oxygen atoms in total. The summed E-state index contributed by atoms with van der Waals surface area (Å²) in [7, 11) is -3.92. The first kappa shape index (κ1) is 26.8. The molecule has 0 unspecified atom stereocenters. The number of fused-ring (bicyclic) bond motifs is 1. The number of nitrogens with zero attached hydrogens (tertiary/aromatic N) is 2. The highest BCUT2D eigenvalue weighted by atomic mass is 32.2. The molecule has 3 aromatic rings. The zero-order valence-corrected chi connectivity index (χ0v) is 22.8. The van der Waals surface area contributed by atoms with Crippen molar-refractivity contribution in [1.29, 1.82) is 0 Å². The van der Waals surface area contributed by atoms with Gasteiger partial charge >= 0.3 is 0 Å². The van der Waals surface area contributed by atoms with Crippen molar-refractivity contribution in [2.45, 2.75) is 43.2 Å². The number of hydrogen-bond donors (Lipinski definition) is 0. The lowest BCUT2D eigenvalue weighted by molar-refractivity contribution is -0.135. The Balaban J connectivity index is 1.38. The number of ether oxygens (including phenoxy) is 2. The number of aryl methyl sites for hydroxylation is 1. The number of sulfonamides is 1. The van der Waals surface area contributed by atoms with E-state index >= 15 is 0 Å². The summed E-state index contributed by atoms with van der Waals surface area (Å²) in [4.78, 5) is 16.8. The summed E-state index contributed by atoms with van der Waals surface area (Å²) >= 11 is 1.64. The zero-order valence-electron chi connectivity index (χ0n) is 21.2. The van der Waals surface area contributed by atoms with Crippen LogP contribution in [-0.2, 0) is 26.0 Å². The van der Waals surface area contributed by atoms with Gasteiger partial charge in [0.05, 0.1) is 23.6 Å². The highest BCUT2D eigenvalue weighted by molar-refractivity contribution is 7.89. The molecule has 0 N–H and O–H groups in total. The Morgan fingerprint density at radius 1 is 1.16 bits per heavy atom. The second-order valence-corrected chi connectivity index (χ2v) is 12.6. The number of carbonyl (C=O) groups is 1. The van der Waals surface area contributed by atoms with Crippen LogP contribution in [0.15, 0.2) is 64.9 Å². The molecular weight excluding hydrogens is 527 g/mol. The summed E-state index contributed by atoms with van der Waals surface area (Å²) < 4.78 is 53.6. The molecule has 0 spiro atoms. The fourth-order valence-corrected chi connectivity index (χ4v) is 7.29. The van der Waals surface area contributed by atoms with Crippen molar-refractivity contribution in [3.63, 3.8) is 0 Å². The fourth-order valence-electron chi connectivity index (χ4n) is 4.94. The summed E-state index contributed by atoms with van der Waals surface area (Å²) in [6.45, 7) is 2.96. The van der Waals surface area contributed by atoms with Gasteiger partial charge in [-0.05, 0) is 79.6 Å². The number of hydrogen-bond acceptors (Lipinski definition) is 6. The number of halogens is 1. The van der Waals surface area contributed by atoms with Gasteiger partial charge in [0.25, 0.3) is 0 Å². The fraction of sp³-hybridized carbons (Fsp3) is 0.393. The third-order valence-corrected chi connectivity index (χ3v) is 9.86. The van der Waals surface area contributed by atoms with Gasteiger partial charge in [-0.25, -0.2) is 12.8 Å². The Kier molecular flexibility index (Phi) is 8.13. The quantitative estimate of drug-likeness (QED) is 0.385. The van der Waals surface area contributed by atoms with E-state index in [0.717, 1.165) is 24.0 Å². The Labute approximate surface area is 226 Å². The van der Waals surface area contributed by atoms with E-state index in [1.54, 1.807) is 52.6 Å². The Bertz CT molecular complexity index is 1350. The highest BCUT2D eigenvalue weighted by Gasteiger charge is 2.36. The largest absolute Gasteiger partial charge is 0.491 e. The maximum Gasteiger partial charge on any atom is 0.243 e. The van der Waals surface area contributed by atoms with E-state index in [-0.39, 0.29) is 48.5 Å². The molecule has 1 aromatic heterocycles. The summed E-state index contributed by atoms with van der Waals surface area (Å²) in [5.74, 6) is -0.139. The van der Waals surface area contributed by atoms with Gasteiger partial charge in [-0.3, -0.25) is 4.79 Å². The topological polar surface area (TPSA) is 76.2 Å². The van der Waals surface area contributed by atoms with Crippen LogP contribution >= 0.6 is 11.3 Å². The minimum atomic E-state index is -3.92. The predicted molar refractivity (Wildman–Crippen MR) is 143 cm³/mol. The van der Waals surface area contributed by atoms with Crippen LogP contribution in [0.5, 0.6) is 5.75 Å². The first-order valence-electron chi connectivity index (χ1n) is 12.7. The van der Waals surface area contributed by atoms with Crippen molar-refractivity contribution < 1.29 is 27.1 Å². The van der Waals surface area contributed by atoms with Crippen LogP contribution in [0.3, 0.4) is 0 Å². The van der Waals surface area contributed by atoms with Gasteiger partial charge in [-0.1, -0.05) is 17.7 Å². The summed E-state index contributed by atoms with van der Waals surface area (Å²) in [5, 5.41) is 2.00. The van der Waals surface area contributed by atoms with Crippen LogP contribution in [-0.4, -0.2) is 62.5 Å². The van der Waals surface area contributed by atoms with Gasteiger partial charge in [-0.2, -0.15) is 4.31 Å². The average Bonchev–Trinajstić information content (AvgIpc) is 3.60. The summed E-state index contributed by atoms with van der Waals surface area (Å²) in [5.41, 5.74) is 1.96. The van der Waals surface area contributed by atoms with E-state index in [9.17, 15) is 17.6 Å². The molecule has 38 heavy (non-hydrogen) atoms. The number of amides is 1. The van der Waals surface area contributed by atoms with E-state index in [2.05, 4.69) is 0 Å². The molecule has 1 amide bonds. The Hall–Kier alpha value is -2.79. The minimum Gasteiger partial charge on any atom is -0.491 e. The normalized spacial score (nSPS) is 19.5. The van der Waals surface area contributed by atoms with E-state index in [1.165, 1.54) is 21.3 Å². The molecule has 2 atom stereocenters. The predicted octanol–water partition coefficient (Wildman–Crippen LogP) is 4.57. The lowest BCUT2D eigenvalue weighted by Crippen LogP contribution is -2.49. The van der Waals surface area contributed by atoms with Crippen LogP contribution in [0, 0.1) is 12.7 Å². The minimum absolute atomic E-state index is 0.121. The van der Waals surface area contributed by atoms with E-state index in [1.807, 2.05) is 18.4 Å². The molecule has 1 saturated heterocycles. The van der Waals surface area contributed by atoms with Crippen molar-refractivity contribution in [2.75, 3.05) is 32.8 Å². The molecule has 10 heteroatoms. The lowest BCUT2D eigenvalue weighted by Gasteiger charge is -2.37. The van der Waals surface area contributed by atoms with Gasteiger partial charge in [-0.15, -0.1) is 11.3 Å². The van der Waals surface area contributed by atoms with E-state index in [4.69, 9.17) is 9.47 Å². The van der Waals surface area contributed by atoms with Crippen molar-refractivity contribution in [2.24, 2.45) is 0 Å². The van der Waals surface area contributed by atoms with Gasteiger partial charge in [0.1, 0.15) is 18.2 Å². The molecule has 1 fully saturated rings. The number of rotatable bonds is 9. The monoisotopic (exact) mass is 558 g/mol. The molecule has 3 heterocycles. The molecule has 5 rings (SSSR count). The van der Waals surface area contributed by atoms with Gasteiger partial charge in [0.2, 0.25) is 15.9 Å². The highest BCUT2D eigenvalue weighted by Crippen LogP contribution is 2.34. The molecule has 2 aromatic carbocycles. The molecule has 0 saturated carbocycles. The van der Waals surface area contributed by atoms with E-state index in [0.29, 0.717) is 25.3 Å². The molecular formula is C28H31FN2O5S2. The number of thiophene rings is 1. The molecule has 2 aliphatic heterocycles. The SMILES string of the molecule is Cc1ccc(S(=O)(=O)N(CC(=O)N2CCc3sccc3[C@@H]2COc2ccc(F)cc2)C[C@H]2CCCO2)cc1. The second kappa shape index (κ2) is 11.5. The molecule has 0 bridgehead atoms. The molecule has 2 aliphatic rings. The van der Waals surface area contributed by atoms with Crippen LogP contribution in [0.25, 0.3) is 0 Å². The lowest BCUT2D eigenvalue weighted by atomic mass is 10.0.